The van der Waals surface area contributed by atoms with Crippen LogP contribution < -0.4 is 5.32 Å². The first-order valence-electron chi connectivity index (χ1n) is 7.78. The Morgan fingerprint density at radius 3 is 2.33 bits per heavy atom. The van der Waals surface area contributed by atoms with Crippen molar-refractivity contribution in [1.82, 2.24) is 10.2 Å². The quantitative estimate of drug-likeness (QED) is 0.896. The highest BCUT2D eigenvalue weighted by molar-refractivity contribution is 5.20. The van der Waals surface area contributed by atoms with Gasteiger partial charge in [0.2, 0.25) is 0 Å². The van der Waals surface area contributed by atoms with Crippen LogP contribution in [0, 0.1) is 11.6 Å². The molecule has 1 unspecified atom stereocenters. The lowest BCUT2D eigenvalue weighted by Gasteiger charge is -2.48. The molecule has 1 saturated carbocycles. The molecule has 0 amide bonds. The summed E-state index contributed by atoms with van der Waals surface area (Å²) in [7, 11) is 6.21. The highest BCUT2D eigenvalue weighted by Gasteiger charge is 2.40. The fourth-order valence-corrected chi connectivity index (χ4v) is 3.73. The minimum Gasteiger partial charge on any atom is -0.315 e. The maximum Gasteiger partial charge on any atom is 0.159 e. The molecule has 0 heterocycles. The van der Waals surface area contributed by atoms with Gasteiger partial charge in [-0.15, -0.1) is 0 Å². The van der Waals surface area contributed by atoms with E-state index in [0.717, 1.165) is 18.4 Å². The van der Waals surface area contributed by atoms with Gasteiger partial charge in [0.05, 0.1) is 0 Å². The normalized spacial score (nSPS) is 19.7. The SMILES string of the molecule is CNC(Cc1ccc(F)c(F)c1)C1(N(C)C)CCCCC1. The Morgan fingerprint density at radius 2 is 1.81 bits per heavy atom. The van der Waals surface area contributed by atoms with Gasteiger partial charge < -0.3 is 10.2 Å². The second-order valence-corrected chi connectivity index (χ2v) is 6.35. The molecule has 2 rings (SSSR count). The molecule has 0 aliphatic heterocycles. The third-order valence-electron chi connectivity index (χ3n) is 5.03. The number of likely N-dealkylation sites (N-methyl/N-ethyl adjacent to an activating group) is 2. The van der Waals surface area contributed by atoms with Gasteiger partial charge in [-0.25, -0.2) is 8.78 Å². The van der Waals surface area contributed by atoms with E-state index in [9.17, 15) is 8.78 Å². The summed E-state index contributed by atoms with van der Waals surface area (Å²) >= 11 is 0. The first-order chi connectivity index (χ1) is 9.99. The van der Waals surface area contributed by atoms with E-state index in [-0.39, 0.29) is 11.6 Å². The van der Waals surface area contributed by atoms with Crippen LogP contribution in [0.1, 0.15) is 37.7 Å². The molecule has 4 heteroatoms. The molecule has 0 radical (unpaired) electrons. The Morgan fingerprint density at radius 1 is 1.14 bits per heavy atom. The lowest BCUT2D eigenvalue weighted by atomic mass is 9.73. The van der Waals surface area contributed by atoms with E-state index < -0.39 is 11.6 Å². The molecule has 2 nitrogen and oxygen atoms in total. The first-order valence-corrected chi connectivity index (χ1v) is 7.78. The van der Waals surface area contributed by atoms with Gasteiger partial charge in [-0.3, -0.25) is 0 Å². The maximum atomic E-state index is 13.4. The highest BCUT2D eigenvalue weighted by atomic mass is 19.2. The van der Waals surface area contributed by atoms with Crippen LogP contribution in [0.15, 0.2) is 18.2 Å². The molecule has 0 bridgehead atoms. The van der Waals surface area contributed by atoms with E-state index in [0.29, 0.717) is 6.42 Å². The number of rotatable bonds is 5. The molecule has 0 saturated heterocycles. The third-order valence-corrected chi connectivity index (χ3v) is 5.03. The molecule has 1 fully saturated rings. The summed E-state index contributed by atoms with van der Waals surface area (Å²) in [5.74, 6) is -1.54. The zero-order valence-corrected chi connectivity index (χ0v) is 13.3. The van der Waals surface area contributed by atoms with E-state index in [2.05, 4.69) is 24.3 Å². The van der Waals surface area contributed by atoms with Crippen LogP contribution in [0.2, 0.25) is 0 Å². The smallest absolute Gasteiger partial charge is 0.159 e. The summed E-state index contributed by atoms with van der Waals surface area (Å²) in [6.45, 7) is 0. The Labute approximate surface area is 126 Å². The van der Waals surface area contributed by atoms with Crippen molar-refractivity contribution in [2.45, 2.75) is 50.1 Å². The molecular weight excluding hydrogens is 270 g/mol. The molecule has 1 N–H and O–H groups in total. The number of hydrogen-bond donors (Lipinski definition) is 1. The molecule has 0 aromatic heterocycles. The summed E-state index contributed by atoms with van der Waals surface area (Å²) in [5.41, 5.74) is 0.942. The fraction of sp³-hybridized carbons (Fsp3) is 0.647. The molecular formula is C17H26F2N2. The van der Waals surface area contributed by atoms with Gasteiger partial charge in [-0.2, -0.15) is 0 Å². The van der Waals surface area contributed by atoms with Crippen LogP contribution in [0.5, 0.6) is 0 Å². The number of benzene rings is 1. The molecule has 0 spiro atoms. The van der Waals surface area contributed by atoms with E-state index in [1.807, 2.05) is 7.05 Å². The van der Waals surface area contributed by atoms with Crippen molar-refractivity contribution >= 4 is 0 Å². The fourth-order valence-electron chi connectivity index (χ4n) is 3.73. The van der Waals surface area contributed by atoms with E-state index in [4.69, 9.17) is 0 Å². The molecule has 118 valence electrons. The van der Waals surface area contributed by atoms with Crippen LogP contribution in [-0.2, 0) is 6.42 Å². The predicted octanol–water partition coefficient (Wildman–Crippen LogP) is 3.36. The Kier molecular flexibility index (Phi) is 5.33. The standard InChI is InChI=1S/C17H26F2N2/c1-20-16(12-13-7-8-14(18)15(19)11-13)17(21(2)3)9-5-4-6-10-17/h7-8,11,16,20H,4-6,9-10,12H2,1-3H3. The van der Waals surface area contributed by atoms with Crippen LogP contribution in [0.3, 0.4) is 0 Å². The molecule has 1 aromatic carbocycles. The van der Waals surface area contributed by atoms with E-state index >= 15 is 0 Å². The Bertz CT molecular complexity index is 468. The molecule has 1 aliphatic rings. The predicted molar refractivity (Wildman–Crippen MR) is 82.4 cm³/mol. The zero-order valence-electron chi connectivity index (χ0n) is 13.3. The van der Waals surface area contributed by atoms with E-state index in [1.54, 1.807) is 6.07 Å². The first kappa shape index (κ1) is 16.4. The Balaban J connectivity index is 2.22. The zero-order chi connectivity index (χ0) is 15.5. The summed E-state index contributed by atoms with van der Waals surface area (Å²) in [6, 6.07) is 4.47. The monoisotopic (exact) mass is 296 g/mol. The van der Waals surface area contributed by atoms with Gasteiger partial charge >= 0.3 is 0 Å². The number of halogens is 2. The average Bonchev–Trinajstić information content (AvgIpc) is 2.49. The van der Waals surface area contributed by atoms with E-state index in [1.165, 1.54) is 31.4 Å². The summed E-state index contributed by atoms with van der Waals surface area (Å²) < 4.78 is 26.5. The molecule has 1 aromatic rings. The second kappa shape index (κ2) is 6.84. The van der Waals surface area contributed by atoms with Crippen molar-refractivity contribution in [3.63, 3.8) is 0 Å². The molecule has 1 aliphatic carbocycles. The number of nitrogens with one attached hydrogen (secondary N) is 1. The maximum absolute atomic E-state index is 13.4. The van der Waals surface area contributed by atoms with Gasteiger partial charge in [0.25, 0.3) is 0 Å². The summed E-state index contributed by atoms with van der Waals surface area (Å²) in [5, 5.41) is 3.42. The van der Waals surface area contributed by atoms with Gasteiger partial charge in [-0.05, 0) is 58.1 Å². The minimum atomic E-state index is -0.778. The van der Waals surface area contributed by atoms with Crippen LogP contribution in [-0.4, -0.2) is 37.6 Å². The van der Waals surface area contributed by atoms with Gasteiger partial charge in [0.1, 0.15) is 0 Å². The topological polar surface area (TPSA) is 15.3 Å². The number of hydrogen-bond acceptors (Lipinski definition) is 2. The van der Waals surface area contributed by atoms with Gasteiger partial charge in [0, 0.05) is 11.6 Å². The van der Waals surface area contributed by atoms with Gasteiger partial charge in [0.15, 0.2) is 11.6 Å². The largest absolute Gasteiger partial charge is 0.315 e. The molecule has 1 atom stereocenters. The lowest BCUT2D eigenvalue weighted by molar-refractivity contribution is 0.0598. The van der Waals surface area contributed by atoms with Crippen molar-refractivity contribution in [2.75, 3.05) is 21.1 Å². The summed E-state index contributed by atoms with van der Waals surface area (Å²) in [6.07, 6.45) is 6.76. The van der Waals surface area contributed by atoms with Crippen molar-refractivity contribution in [3.8, 4) is 0 Å². The van der Waals surface area contributed by atoms with Crippen LogP contribution in [0.25, 0.3) is 0 Å². The third kappa shape index (κ3) is 3.43. The van der Waals surface area contributed by atoms with Crippen molar-refractivity contribution in [3.05, 3.63) is 35.4 Å². The molecule has 21 heavy (non-hydrogen) atoms. The van der Waals surface area contributed by atoms with Gasteiger partial charge in [-0.1, -0.05) is 25.3 Å². The average molecular weight is 296 g/mol. The van der Waals surface area contributed by atoms with Crippen molar-refractivity contribution in [2.24, 2.45) is 0 Å². The van der Waals surface area contributed by atoms with Crippen molar-refractivity contribution in [1.29, 1.82) is 0 Å². The van der Waals surface area contributed by atoms with Crippen LogP contribution in [0.4, 0.5) is 8.78 Å². The minimum absolute atomic E-state index is 0.0951. The lowest BCUT2D eigenvalue weighted by Crippen LogP contribution is -2.60. The Hall–Kier alpha value is -1.00. The summed E-state index contributed by atoms with van der Waals surface area (Å²) in [4.78, 5) is 2.31. The second-order valence-electron chi connectivity index (χ2n) is 6.35. The van der Waals surface area contributed by atoms with Crippen molar-refractivity contribution < 1.29 is 8.78 Å². The highest BCUT2D eigenvalue weighted by Crippen LogP contribution is 2.36. The van der Waals surface area contributed by atoms with Crippen LogP contribution >= 0.6 is 0 Å². The number of nitrogens with zero attached hydrogens (tertiary/aromatic N) is 1.